The predicted octanol–water partition coefficient (Wildman–Crippen LogP) is 2.79. The van der Waals surface area contributed by atoms with Crippen molar-refractivity contribution in [2.24, 2.45) is 0 Å². The van der Waals surface area contributed by atoms with Crippen molar-refractivity contribution in [2.75, 3.05) is 25.6 Å². The number of carbonyl (C=O) groups is 1. The van der Waals surface area contributed by atoms with E-state index in [0.717, 1.165) is 19.4 Å². The van der Waals surface area contributed by atoms with E-state index in [1.807, 2.05) is 0 Å². The molecule has 2 heterocycles. The van der Waals surface area contributed by atoms with Crippen molar-refractivity contribution in [2.45, 2.75) is 18.9 Å². The molecule has 2 aromatic rings. The number of nitrogens with zero attached hydrogens (tertiary/aromatic N) is 2. The minimum Gasteiger partial charge on any atom is -0.495 e. The maximum atomic E-state index is 12.1. The molecule has 25 heavy (non-hydrogen) atoms. The first-order valence-electron chi connectivity index (χ1n) is 7.98. The van der Waals surface area contributed by atoms with Gasteiger partial charge in [-0.3, -0.25) is 4.79 Å². The molecule has 1 aromatic carbocycles. The summed E-state index contributed by atoms with van der Waals surface area (Å²) in [7, 11) is 1.57. The first kappa shape index (κ1) is 17.4. The third-order valence-electron chi connectivity index (χ3n) is 3.84. The van der Waals surface area contributed by atoms with Crippen molar-refractivity contribution >= 4 is 29.1 Å². The third-order valence-corrected chi connectivity index (χ3v) is 4.07. The molecule has 0 saturated carbocycles. The summed E-state index contributed by atoms with van der Waals surface area (Å²) in [6, 6.07) is 5.19. The molecular weight excluding hydrogens is 344 g/mol. The SMILES string of the molecule is COc1ccc(Cl)cc1Nc1ncc(C(=O)NCC2CCCO2)cn1. The number of amides is 1. The van der Waals surface area contributed by atoms with Gasteiger partial charge in [0.15, 0.2) is 0 Å². The summed E-state index contributed by atoms with van der Waals surface area (Å²) in [6.45, 7) is 1.26. The van der Waals surface area contributed by atoms with Crippen LogP contribution in [0.1, 0.15) is 23.2 Å². The summed E-state index contributed by atoms with van der Waals surface area (Å²) in [5.74, 6) is 0.741. The zero-order chi connectivity index (χ0) is 17.6. The molecule has 0 aliphatic carbocycles. The number of methoxy groups -OCH3 is 1. The van der Waals surface area contributed by atoms with Gasteiger partial charge in [0.2, 0.25) is 5.95 Å². The molecule has 1 aromatic heterocycles. The molecule has 1 saturated heterocycles. The fourth-order valence-electron chi connectivity index (χ4n) is 2.52. The van der Waals surface area contributed by atoms with Gasteiger partial charge in [0, 0.05) is 30.6 Å². The average Bonchev–Trinajstić information content (AvgIpc) is 3.14. The lowest BCUT2D eigenvalue weighted by Crippen LogP contribution is -2.31. The number of rotatable bonds is 6. The highest BCUT2D eigenvalue weighted by Crippen LogP contribution is 2.29. The van der Waals surface area contributed by atoms with Gasteiger partial charge in [-0.05, 0) is 31.0 Å². The normalized spacial score (nSPS) is 16.5. The Balaban J connectivity index is 1.62. The molecule has 0 spiro atoms. The molecule has 1 fully saturated rings. The van der Waals surface area contributed by atoms with E-state index in [1.54, 1.807) is 25.3 Å². The van der Waals surface area contributed by atoms with E-state index in [-0.39, 0.29) is 12.0 Å². The van der Waals surface area contributed by atoms with Crippen LogP contribution in [-0.4, -0.2) is 42.2 Å². The van der Waals surface area contributed by atoms with Crippen LogP contribution in [0.4, 0.5) is 11.6 Å². The maximum absolute atomic E-state index is 12.1. The summed E-state index contributed by atoms with van der Waals surface area (Å²) in [5.41, 5.74) is 1.03. The Labute approximate surface area is 150 Å². The standard InChI is InChI=1S/C17H19ClN4O3/c1-24-15-5-4-12(18)7-14(15)22-17-20-8-11(9-21-17)16(23)19-10-13-3-2-6-25-13/h4-5,7-9,13H,2-3,6,10H2,1H3,(H,19,23)(H,20,21,22). The first-order chi connectivity index (χ1) is 12.2. The number of ether oxygens (including phenoxy) is 2. The van der Waals surface area contributed by atoms with Crippen LogP contribution in [0, 0.1) is 0 Å². The second-order valence-corrected chi connectivity index (χ2v) is 6.05. The molecule has 7 nitrogen and oxygen atoms in total. The summed E-state index contributed by atoms with van der Waals surface area (Å²) in [5, 5.41) is 6.42. The van der Waals surface area contributed by atoms with Crippen LogP contribution in [0.2, 0.25) is 5.02 Å². The quantitative estimate of drug-likeness (QED) is 0.821. The Morgan fingerprint density at radius 1 is 1.40 bits per heavy atom. The lowest BCUT2D eigenvalue weighted by atomic mass is 10.2. The Kier molecular flexibility index (Phi) is 5.67. The highest BCUT2D eigenvalue weighted by molar-refractivity contribution is 6.31. The van der Waals surface area contributed by atoms with Crippen LogP contribution in [0.3, 0.4) is 0 Å². The first-order valence-corrected chi connectivity index (χ1v) is 8.36. The molecule has 1 aliphatic rings. The van der Waals surface area contributed by atoms with Gasteiger partial charge in [-0.15, -0.1) is 0 Å². The number of aromatic nitrogens is 2. The fourth-order valence-corrected chi connectivity index (χ4v) is 2.69. The van der Waals surface area contributed by atoms with E-state index in [1.165, 1.54) is 12.4 Å². The predicted molar refractivity (Wildman–Crippen MR) is 94.6 cm³/mol. The number of anilines is 2. The maximum Gasteiger partial charge on any atom is 0.254 e. The summed E-state index contributed by atoms with van der Waals surface area (Å²) in [4.78, 5) is 20.4. The molecule has 8 heteroatoms. The lowest BCUT2D eigenvalue weighted by Gasteiger charge is -2.11. The molecule has 0 bridgehead atoms. The van der Waals surface area contributed by atoms with E-state index < -0.39 is 0 Å². The van der Waals surface area contributed by atoms with E-state index in [0.29, 0.717) is 34.5 Å². The van der Waals surface area contributed by atoms with Crippen molar-refractivity contribution in [3.63, 3.8) is 0 Å². The molecule has 2 N–H and O–H groups in total. The largest absolute Gasteiger partial charge is 0.495 e. The molecule has 132 valence electrons. The minimum absolute atomic E-state index is 0.0982. The second-order valence-electron chi connectivity index (χ2n) is 5.61. The van der Waals surface area contributed by atoms with Crippen molar-refractivity contribution < 1.29 is 14.3 Å². The van der Waals surface area contributed by atoms with Crippen LogP contribution < -0.4 is 15.4 Å². The molecular formula is C17H19ClN4O3. The summed E-state index contributed by atoms with van der Waals surface area (Å²) < 4.78 is 10.7. The number of hydrogen-bond donors (Lipinski definition) is 2. The number of halogens is 1. The van der Waals surface area contributed by atoms with Crippen LogP contribution in [0.5, 0.6) is 5.75 Å². The Bertz CT molecular complexity index is 733. The minimum atomic E-state index is -0.220. The molecule has 0 radical (unpaired) electrons. The van der Waals surface area contributed by atoms with Crippen molar-refractivity contribution in [3.05, 3.63) is 41.2 Å². The van der Waals surface area contributed by atoms with Gasteiger partial charge in [-0.25, -0.2) is 9.97 Å². The summed E-state index contributed by atoms with van der Waals surface area (Å²) in [6.07, 6.45) is 5.05. The fraction of sp³-hybridized carbons (Fsp3) is 0.353. The van der Waals surface area contributed by atoms with Gasteiger partial charge in [0.25, 0.3) is 5.91 Å². The van der Waals surface area contributed by atoms with E-state index in [2.05, 4.69) is 20.6 Å². The lowest BCUT2D eigenvalue weighted by molar-refractivity contribution is 0.0857. The Hall–Kier alpha value is -2.38. The van der Waals surface area contributed by atoms with E-state index in [4.69, 9.17) is 21.1 Å². The highest BCUT2D eigenvalue weighted by Gasteiger charge is 2.17. The smallest absolute Gasteiger partial charge is 0.254 e. The van der Waals surface area contributed by atoms with Gasteiger partial charge >= 0.3 is 0 Å². The topological polar surface area (TPSA) is 85.4 Å². The van der Waals surface area contributed by atoms with Gasteiger partial charge in [0.05, 0.1) is 24.5 Å². The van der Waals surface area contributed by atoms with E-state index in [9.17, 15) is 4.79 Å². The Morgan fingerprint density at radius 3 is 2.88 bits per heavy atom. The van der Waals surface area contributed by atoms with Crippen LogP contribution in [0.15, 0.2) is 30.6 Å². The van der Waals surface area contributed by atoms with E-state index >= 15 is 0 Å². The second kappa shape index (κ2) is 8.13. The monoisotopic (exact) mass is 362 g/mol. The van der Waals surface area contributed by atoms with Gasteiger partial charge in [-0.1, -0.05) is 11.6 Å². The van der Waals surface area contributed by atoms with Crippen molar-refractivity contribution in [1.29, 1.82) is 0 Å². The zero-order valence-electron chi connectivity index (χ0n) is 13.8. The van der Waals surface area contributed by atoms with Crippen LogP contribution in [0.25, 0.3) is 0 Å². The zero-order valence-corrected chi connectivity index (χ0v) is 14.5. The van der Waals surface area contributed by atoms with Crippen molar-refractivity contribution in [1.82, 2.24) is 15.3 Å². The van der Waals surface area contributed by atoms with Crippen LogP contribution >= 0.6 is 11.6 Å². The molecule has 1 amide bonds. The number of carbonyl (C=O) groups excluding carboxylic acids is 1. The molecule has 3 rings (SSSR count). The van der Waals surface area contributed by atoms with Gasteiger partial charge in [-0.2, -0.15) is 0 Å². The number of nitrogens with one attached hydrogen (secondary N) is 2. The van der Waals surface area contributed by atoms with Crippen molar-refractivity contribution in [3.8, 4) is 5.75 Å². The third kappa shape index (κ3) is 4.58. The van der Waals surface area contributed by atoms with Gasteiger partial charge in [0.1, 0.15) is 5.75 Å². The Morgan fingerprint density at radius 2 is 2.20 bits per heavy atom. The highest BCUT2D eigenvalue weighted by atomic mass is 35.5. The molecule has 1 atom stereocenters. The molecule has 1 unspecified atom stereocenters. The number of benzene rings is 1. The summed E-state index contributed by atoms with van der Waals surface area (Å²) >= 11 is 6.00. The van der Waals surface area contributed by atoms with Gasteiger partial charge < -0.3 is 20.1 Å². The number of hydrogen-bond acceptors (Lipinski definition) is 6. The average molecular weight is 363 g/mol. The molecule has 1 aliphatic heterocycles. The van der Waals surface area contributed by atoms with Crippen LogP contribution in [-0.2, 0) is 4.74 Å².